The van der Waals surface area contributed by atoms with Gasteiger partial charge >= 0.3 is 5.97 Å². The van der Waals surface area contributed by atoms with Crippen molar-refractivity contribution in [3.05, 3.63) is 48.6 Å². The number of aliphatic carboxylic acids is 1. The van der Waals surface area contributed by atoms with E-state index in [1.165, 1.54) is 6.08 Å². The monoisotopic (exact) mass is 164 g/mol. The van der Waals surface area contributed by atoms with Gasteiger partial charge < -0.3 is 5.11 Å². The van der Waals surface area contributed by atoms with Crippen LogP contribution >= 0.6 is 0 Å². The summed E-state index contributed by atoms with van der Waals surface area (Å²) in [6, 6.07) is 0. The molecule has 2 heteroatoms. The Hall–Kier alpha value is -1.57. The molecule has 0 rings (SSSR count). The first-order chi connectivity index (χ1) is 5.70. The summed E-state index contributed by atoms with van der Waals surface area (Å²) in [5, 5.41) is 8.32. The van der Waals surface area contributed by atoms with Crippen molar-refractivity contribution in [3.63, 3.8) is 0 Å². The lowest BCUT2D eigenvalue weighted by Crippen LogP contribution is -1.85. The standard InChI is InChI=1S/C10H12O2/c1-3-5-6-9(4-2)7-8-10(11)12/h3-8H,2H2,1H3,(H,11,12)/b5-3-,8-7+,9-6+. The lowest BCUT2D eigenvalue weighted by Gasteiger charge is -1.87. The van der Waals surface area contributed by atoms with Crippen LogP contribution in [0.15, 0.2) is 48.6 Å². The van der Waals surface area contributed by atoms with E-state index in [0.717, 1.165) is 11.6 Å². The van der Waals surface area contributed by atoms with Gasteiger partial charge in [0, 0.05) is 6.08 Å². The van der Waals surface area contributed by atoms with Gasteiger partial charge in [-0.2, -0.15) is 0 Å². The molecule has 0 saturated carbocycles. The summed E-state index contributed by atoms with van der Waals surface area (Å²) >= 11 is 0. The van der Waals surface area contributed by atoms with Gasteiger partial charge in [-0.15, -0.1) is 0 Å². The van der Waals surface area contributed by atoms with Crippen LogP contribution < -0.4 is 0 Å². The minimum absolute atomic E-state index is 0.774. The summed E-state index contributed by atoms with van der Waals surface area (Å²) < 4.78 is 0. The van der Waals surface area contributed by atoms with Crippen molar-refractivity contribution in [1.82, 2.24) is 0 Å². The molecule has 1 N–H and O–H groups in total. The fourth-order valence-electron chi connectivity index (χ4n) is 0.566. The van der Waals surface area contributed by atoms with Crippen molar-refractivity contribution in [2.75, 3.05) is 0 Å². The third-order valence-electron chi connectivity index (χ3n) is 1.14. The van der Waals surface area contributed by atoms with Crippen LogP contribution in [0.25, 0.3) is 0 Å². The van der Waals surface area contributed by atoms with Crippen molar-refractivity contribution >= 4 is 5.97 Å². The quantitative estimate of drug-likeness (QED) is 0.511. The van der Waals surface area contributed by atoms with Crippen molar-refractivity contribution in [3.8, 4) is 0 Å². The van der Waals surface area contributed by atoms with Gasteiger partial charge in [-0.3, -0.25) is 0 Å². The number of hydrogen-bond acceptors (Lipinski definition) is 1. The first-order valence-electron chi connectivity index (χ1n) is 3.57. The van der Waals surface area contributed by atoms with Gasteiger partial charge in [0.15, 0.2) is 0 Å². The highest BCUT2D eigenvalue weighted by Crippen LogP contribution is 1.98. The summed E-state index contributed by atoms with van der Waals surface area (Å²) in [6.45, 7) is 5.43. The minimum atomic E-state index is -0.955. The third-order valence-corrected chi connectivity index (χ3v) is 1.14. The zero-order valence-corrected chi connectivity index (χ0v) is 7.03. The Bertz CT molecular complexity index is 245. The Labute approximate surface area is 72.2 Å². The first-order valence-corrected chi connectivity index (χ1v) is 3.57. The van der Waals surface area contributed by atoms with Crippen molar-refractivity contribution in [1.29, 1.82) is 0 Å². The summed E-state index contributed by atoms with van der Waals surface area (Å²) in [7, 11) is 0. The Kier molecular flexibility index (Phi) is 5.35. The SMILES string of the molecule is C=CC(/C=C/C(=O)O)=C\C=C/C. The Morgan fingerprint density at radius 1 is 1.42 bits per heavy atom. The van der Waals surface area contributed by atoms with E-state index in [0.29, 0.717) is 0 Å². The Morgan fingerprint density at radius 2 is 2.08 bits per heavy atom. The van der Waals surface area contributed by atoms with Gasteiger partial charge in [0.1, 0.15) is 0 Å². The van der Waals surface area contributed by atoms with Gasteiger partial charge in [-0.1, -0.05) is 30.9 Å². The number of carboxylic acids is 1. The van der Waals surface area contributed by atoms with E-state index in [2.05, 4.69) is 6.58 Å². The topological polar surface area (TPSA) is 37.3 Å². The van der Waals surface area contributed by atoms with Gasteiger partial charge in [-0.25, -0.2) is 4.79 Å². The fourth-order valence-corrected chi connectivity index (χ4v) is 0.566. The van der Waals surface area contributed by atoms with Crippen LogP contribution in [0.2, 0.25) is 0 Å². The van der Waals surface area contributed by atoms with E-state index in [1.54, 1.807) is 12.2 Å². The zero-order chi connectivity index (χ0) is 9.40. The molecule has 0 saturated heterocycles. The predicted molar refractivity (Wildman–Crippen MR) is 49.9 cm³/mol. The van der Waals surface area contributed by atoms with Crippen LogP contribution in [0, 0.1) is 0 Å². The number of rotatable bonds is 4. The van der Waals surface area contributed by atoms with Gasteiger partial charge in [0.2, 0.25) is 0 Å². The average Bonchev–Trinajstić information content (AvgIpc) is 2.05. The fraction of sp³-hybridized carbons (Fsp3) is 0.100. The molecular formula is C10H12O2. The van der Waals surface area contributed by atoms with Gasteiger partial charge in [0.25, 0.3) is 0 Å². The molecule has 12 heavy (non-hydrogen) atoms. The van der Waals surface area contributed by atoms with Crippen LogP contribution in [0.4, 0.5) is 0 Å². The first kappa shape index (κ1) is 10.4. The van der Waals surface area contributed by atoms with Crippen LogP contribution in [-0.4, -0.2) is 11.1 Å². The van der Waals surface area contributed by atoms with Crippen molar-refractivity contribution in [2.45, 2.75) is 6.92 Å². The molecule has 0 aliphatic heterocycles. The van der Waals surface area contributed by atoms with Crippen LogP contribution in [0.5, 0.6) is 0 Å². The van der Waals surface area contributed by atoms with Gasteiger partial charge in [0.05, 0.1) is 0 Å². The maximum Gasteiger partial charge on any atom is 0.328 e. The largest absolute Gasteiger partial charge is 0.478 e. The number of hydrogen-bond donors (Lipinski definition) is 1. The molecular weight excluding hydrogens is 152 g/mol. The zero-order valence-electron chi connectivity index (χ0n) is 7.03. The highest BCUT2D eigenvalue weighted by atomic mass is 16.4. The molecule has 0 spiro atoms. The molecule has 0 radical (unpaired) electrons. The molecule has 0 fully saturated rings. The minimum Gasteiger partial charge on any atom is -0.478 e. The Morgan fingerprint density at radius 3 is 2.50 bits per heavy atom. The summed E-state index contributed by atoms with van der Waals surface area (Å²) in [4.78, 5) is 10.1. The molecule has 0 heterocycles. The highest BCUT2D eigenvalue weighted by molar-refractivity contribution is 5.80. The molecule has 2 nitrogen and oxygen atoms in total. The molecule has 0 aromatic rings. The van der Waals surface area contributed by atoms with Crippen LogP contribution in [0.3, 0.4) is 0 Å². The molecule has 64 valence electrons. The summed E-state index contributed by atoms with van der Waals surface area (Å²) in [5.41, 5.74) is 0.774. The molecule has 0 unspecified atom stereocenters. The van der Waals surface area contributed by atoms with E-state index in [9.17, 15) is 4.79 Å². The molecule has 0 aliphatic rings. The molecule has 0 aliphatic carbocycles. The maximum absolute atomic E-state index is 10.1. The molecule has 0 bridgehead atoms. The average molecular weight is 164 g/mol. The lowest BCUT2D eigenvalue weighted by molar-refractivity contribution is -0.131. The van der Waals surface area contributed by atoms with Crippen molar-refractivity contribution in [2.24, 2.45) is 0 Å². The van der Waals surface area contributed by atoms with Crippen LogP contribution in [0.1, 0.15) is 6.92 Å². The third kappa shape index (κ3) is 5.23. The summed E-state index contributed by atoms with van der Waals surface area (Å²) in [6.07, 6.45) is 9.64. The number of carbonyl (C=O) groups is 1. The highest BCUT2D eigenvalue weighted by Gasteiger charge is 1.86. The van der Waals surface area contributed by atoms with Gasteiger partial charge in [-0.05, 0) is 18.6 Å². The number of carboxylic acid groups (broad SMARTS) is 1. The smallest absolute Gasteiger partial charge is 0.328 e. The van der Waals surface area contributed by atoms with Crippen LogP contribution in [-0.2, 0) is 4.79 Å². The number of allylic oxidation sites excluding steroid dienone is 6. The summed E-state index contributed by atoms with van der Waals surface area (Å²) in [5.74, 6) is -0.955. The lowest BCUT2D eigenvalue weighted by atomic mass is 10.2. The molecule has 0 atom stereocenters. The molecule has 0 aromatic carbocycles. The molecule has 0 aromatic heterocycles. The van der Waals surface area contributed by atoms with E-state index >= 15 is 0 Å². The van der Waals surface area contributed by atoms with E-state index in [-0.39, 0.29) is 0 Å². The Balaban J connectivity index is 4.36. The second kappa shape index (κ2) is 6.16. The van der Waals surface area contributed by atoms with E-state index in [1.807, 2.05) is 19.1 Å². The molecule has 0 amide bonds. The maximum atomic E-state index is 10.1. The van der Waals surface area contributed by atoms with E-state index in [4.69, 9.17) is 5.11 Å². The predicted octanol–water partition coefficient (Wildman–Crippen LogP) is 2.32. The van der Waals surface area contributed by atoms with Crippen molar-refractivity contribution < 1.29 is 9.90 Å². The second-order valence-corrected chi connectivity index (χ2v) is 2.07. The second-order valence-electron chi connectivity index (χ2n) is 2.07. The normalized spacial score (nSPS) is 12.6. The van der Waals surface area contributed by atoms with E-state index < -0.39 is 5.97 Å².